The van der Waals surface area contributed by atoms with Gasteiger partial charge >= 0.3 is 0 Å². The van der Waals surface area contributed by atoms with Crippen molar-refractivity contribution in [3.63, 3.8) is 0 Å². The molecule has 1 amide bonds. The van der Waals surface area contributed by atoms with E-state index in [1.165, 1.54) is 0 Å². The summed E-state index contributed by atoms with van der Waals surface area (Å²) in [4.78, 5) is 19.2. The number of carbonyl (C=O) groups excluding carboxylic acids is 1. The van der Waals surface area contributed by atoms with Crippen LogP contribution in [0.25, 0.3) is 0 Å². The Balaban J connectivity index is 2.15. The third kappa shape index (κ3) is 2.79. The number of amides is 1. The number of nitrogens with one attached hydrogen (secondary N) is 2. The lowest BCUT2D eigenvalue weighted by Crippen LogP contribution is -2.27. The lowest BCUT2D eigenvalue weighted by Gasteiger charge is -2.12. The highest BCUT2D eigenvalue weighted by molar-refractivity contribution is 9.10. The lowest BCUT2D eigenvalue weighted by molar-refractivity contribution is 0.0937. The largest absolute Gasteiger partial charge is 0.347 e. The average molecular weight is 308 g/mol. The summed E-state index contributed by atoms with van der Waals surface area (Å²) in [7, 11) is 0. The van der Waals surface area contributed by atoms with Gasteiger partial charge in [0, 0.05) is 16.9 Å². The Labute approximate surface area is 114 Å². The van der Waals surface area contributed by atoms with Crippen LogP contribution < -0.4 is 5.32 Å². The van der Waals surface area contributed by atoms with E-state index in [-0.39, 0.29) is 11.9 Å². The summed E-state index contributed by atoms with van der Waals surface area (Å²) in [6.45, 7) is 3.85. The van der Waals surface area contributed by atoms with Crippen LogP contribution in [0.5, 0.6) is 0 Å². The molecule has 1 aromatic carbocycles. The van der Waals surface area contributed by atoms with E-state index in [0.717, 1.165) is 15.9 Å². The minimum absolute atomic E-state index is 0.116. The van der Waals surface area contributed by atoms with Gasteiger partial charge < -0.3 is 10.3 Å². The van der Waals surface area contributed by atoms with E-state index in [4.69, 9.17) is 0 Å². The maximum absolute atomic E-state index is 12.1. The first-order valence-electron chi connectivity index (χ1n) is 5.64. The van der Waals surface area contributed by atoms with Crippen LogP contribution in [-0.2, 0) is 0 Å². The van der Waals surface area contributed by atoms with Gasteiger partial charge in [0.05, 0.1) is 11.6 Å². The van der Waals surface area contributed by atoms with Crippen molar-refractivity contribution in [2.45, 2.75) is 19.9 Å². The number of H-pyrrole nitrogens is 1. The molecule has 0 aliphatic heterocycles. The fourth-order valence-corrected chi connectivity index (χ4v) is 2.10. The van der Waals surface area contributed by atoms with Gasteiger partial charge in [-0.3, -0.25) is 4.79 Å². The van der Waals surface area contributed by atoms with Crippen LogP contribution >= 0.6 is 15.9 Å². The van der Waals surface area contributed by atoms with Gasteiger partial charge in [-0.15, -0.1) is 0 Å². The summed E-state index contributed by atoms with van der Waals surface area (Å²) in [6.07, 6.45) is 3.40. The van der Waals surface area contributed by atoms with Crippen molar-refractivity contribution < 1.29 is 4.79 Å². The summed E-state index contributed by atoms with van der Waals surface area (Å²) in [5.41, 5.74) is 1.68. The van der Waals surface area contributed by atoms with E-state index in [1.807, 2.05) is 32.0 Å². The minimum Gasteiger partial charge on any atom is -0.347 e. The normalized spacial score (nSPS) is 12.2. The Bertz CT molecular complexity index is 551. The smallest absolute Gasteiger partial charge is 0.253 e. The second-order valence-corrected chi connectivity index (χ2v) is 5.01. The molecule has 0 bridgehead atoms. The third-order valence-electron chi connectivity index (χ3n) is 2.64. The number of aryl methyl sites for hydroxylation is 1. The highest BCUT2D eigenvalue weighted by atomic mass is 79.9. The van der Waals surface area contributed by atoms with Crippen LogP contribution in [0.2, 0.25) is 0 Å². The number of halogens is 1. The summed E-state index contributed by atoms with van der Waals surface area (Å²) >= 11 is 3.39. The second kappa shape index (κ2) is 5.35. The van der Waals surface area contributed by atoms with Crippen molar-refractivity contribution in [1.29, 1.82) is 0 Å². The zero-order valence-corrected chi connectivity index (χ0v) is 11.8. The van der Waals surface area contributed by atoms with Gasteiger partial charge in [0.15, 0.2) is 0 Å². The zero-order valence-electron chi connectivity index (χ0n) is 10.2. The maximum Gasteiger partial charge on any atom is 0.253 e. The number of nitrogens with zero attached hydrogens (tertiary/aromatic N) is 1. The number of aromatic amines is 1. The molecular formula is C13H14BrN3O. The zero-order chi connectivity index (χ0) is 13.1. The molecule has 2 aromatic rings. The molecule has 0 fully saturated rings. The van der Waals surface area contributed by atoms with Crippen LogP contribution in [0.1, 0.15) is 34.7 Å². The SMILES string of the molecule is Cc1ccc(Br)c(C(=O)NC(C)c2ncc[nH]2)c1. The molecule has 0 saturated heterocycles. The number of rotatable bonds is 3. The number of carbonyl (C=O) groups is 1. The van der Waals surface area contributed by atoms with Crippen molar-refractivity contribution in [3.05, 3.63) is 52.0 Å². The predicted octanol–water partition coefficient (Wildman–Crippen LogP) is 2.97. The van der Waals surface area contributed by atoms with Crippen molar-refractivity contribution in [3.8, 4) is 0 Å². The molecule has 1 atom stereocenters. The van der Waals surface area contributed by atoms with Crippen LogP contribution in [0.4, 0.5) is 0 Å². The van der Waals surface area contributed by atoms with E-state index in [1.54, 1.807) is 12.4 Å². The Morgan fingerprint density at radius 1 is 1.50 bits per heavy atom. The monoisotopic (exact) mass is 307 g/mol. The van der Waals surface area contributed by atoms with Gasteiger partial charge in [0.25, 0.3) is 5.91 Å². The van der Waals surface area contributed by atoms with Gasteiger partial charge in [-0.1, -0.05) is 11.6 Å². The highest BCUT2D eigenvalue weighted by Crippen LogP contribution is 2.19. The molecule has 2 rings (SSSR count). The summed E-state index contributed by atoms with van der Waals surface area (Å²) in [5, 5.41) is 2.90. The van der Waals surface area contributed by atoms with Crippen LogP contribution in [0.3, 0.4) is 0 Å². The first kappa shape index (κ1) is 12.8. The molecule has 0 aliphatic carbocycles. The van der Waals surface area contributed by atoms with Crippen molar-refractivity contribution in [2.75, 3.05) is 0 Å². The van der Waals surface area contributed by atoms with E-state index in [2.05, 4.69) is 31.2 Å². The predicted molar refractivity (Wildman–Crippen MR) is 73.3 cm³/mol. The van der Waals surface area contributed by atoms with Gasteiger partial charge in [-0.2, -0.15) is 0 Å². The van der Waals surface area contributed by atoms with Crippen LogP contribution in [-0.4, -0.2) is 15.9 Å². The summed E-state index contributed by atoms with van der Waals surface area (Å²) in [5.74, 6) is 0.626. The molecule has 0 radical (unpaired) electrons. The molecule has 4 nitrogen and oxygen atoms in total. The number of hydrogen-bond donors (Lipinski definition) is 2. The fourth-order valence-electron chi connectivity index (χ4n) is 1.67. The van der Waals surface area contributed by atoms with Crippen molar-refractivity contribution in [2.24, 2.45) is 0 Å². The quantitative estimate of drug-likeness (QED) is 0.916. The maximum atomic E-state index is 12.1. The van der Waals surface area contributed by atoms with E-state index < -0.39 is 0 Å². The van der Waals surface area contributed by atoms with Crippen LogP contribution in [0.15, 0.2) is 35.1 Å². The van der Waals surface area contributed by atoms with Gasteiger partial charge in [0.1, 0.15) is 5.82 Å². The number of benzene rings is 1. The molecule has 94 valence electrons. The van der Waals surface area contributed by atoms with E-state index in [9.17, 15) is 4.79 Å². The second-order valence-electron chi connectivity index (χ2n) is 4.15. The van der Waals surface area contributed by atoms with Crippen molar-refractivity contribution in [1.82, 2.24) is 15.3 Å². The van der Waals surface area contributed by atoms with Crippen molar-refractivity contribution >= 4 is 21.8 Å². The Morgan fingerprint density at radius 2 is 2.28 bits per heavy atom. The number of aromatic nitrogens is 2. The fraction of sp³-hybridized carbons (Fsp3) is 0.231. The minimum atomic E-state index is -0.153. The van der Waals surface area contributed by atoms with E-state index >= 15 is 0 Å². The molecule has 5 heteroatoms. The van der Waals surface area contributed by atoms with Gasteiger partial charge in [0.2, 0.25) is 0 Å². The molecule has 2 N–H and O–H groups in total. The first-order valence-corrected chi connectivity index (χ1v) is 6.43. The molecule has 0 spiro atoms. The molecule has 1 unspecified atom stereocenters. The average Bonchev–Trinajstić information content (AvgIpc) is 2.85. The van der Waals surface area contributed by atoms with Gasteiger partial charge in [-0.25, -0.2) is 4.98 Å². The first-order chi connectivity index (χ1) is 8.58. The Kier molecular flexibility index (Phi) is 3.81. The van der Waals surface area contributed by atoms with Gasteiger partial charge in [-0.05, 0) is 41.9 Å². The molecular weight excluding hydrogens is 294 g/mol. The summed E-state index contributed by atoms with van der Waals surface area (Å²) in [6, 6.07) is 5.53. The topological polar surface area (TPSA) is 57.8 Å². The molecule has 0 aliphatic rings. The molecule has 1 aromatic heterocycles. The number of imidazole rings is 1. The van der Waals surface area contributed by atoms with E-state index in [0.29, 0.717) is 5.56 Å². The third-order valence-corrected chi connectivity index (χ3v) is 3.34. The molecule has 18 heavy (non-hydrogen) atoms. The standard InChI is InChI=1S/C13H14BrN3O/c1-8-3-4-11(14)10(7-8)13(18)17-9(2)12-15-5-6-16-12/h3-7,9H,1-2H3,(H,15,16)(H,17,18). The molecule has 1 heterocycles. The highest BCUT2D eigenvalue weighted by Gasteiger charge is 2.15. The molecule has 0 saturated carbocycles. The Hall–Kier alpha value is -1.62. The lowest BCUT2D eigenvalue weighted by atomic mass is 10.1. The van der Waals surface area contributed by atoms with Crippen LogP contribution in [0, 0.1) is 6.92 Å². The summed E-state index contributed by atoms with van der Waals surface area (Å²) < 4.78 is 0.789. The number of hydrogen-bond acceptors (Lipinski definition) is 2. The Morgan fingerprint density at radius 3 is 2.94 bits per heavy atom.